The van der Waals surface area contributed by atoms with Crippen molar-refractivity contribution in [3.63, 3.8) is 0 Å². The molecule has 0 aliphatic rings. The number of nitrogens with one attached hydrogen (secondary N) is 1. The number of carbonyl (C=O) groups excluding carboxylic acids is 1. The summed E-state index contributed by atoms with van der Waals surface area (Å²) < 4.78 is 24.1. The van der Waals surface area contributed by atoms with Crippen molar-refractivity contribution >= 4 is 56.2 Å². The van der Waals surface area contributed by atoms with Crippen LogP contribution in [0, 0.1) is 0 Å². The van der Waals surface area contributed by atoms with E-state index in [0.29, 0.717) is 17.1 Å². The quantitative estimate of drug-likeness (QED) is 0.759. The lowest BCUT2D eigenvalue weighted by Crippen LogP contribution is -2.18. The Morgan fingerprint density at radius 1 is 1.21 bits per heavy atom. The second kappa shape index (κ2) is 7.65. The zero-order valence-corrected chi connectivity index (χ0v) is 15.5. The van der Waals surface area contributed by atoms with E-state index in [1.165, 1.54) is 12.1 Å². The number of sulfone groups is 1. The maximum Gasteiger partial charge on any atom is 0.276 e. The fraction of sp³-hybridized carbons (Fsp3) is 0.214. The highest BCUT2D eigenvalue weighted by Gasteiger charge is 2.22. The van der Waals surface area contributed by atoms with E-state index in [4.69, 9.17) is 34.8 Å². The molecule has 0 aliphatic carbocycles. The van der Waals surface area contributed by atoms with Crippen molar-refractivity contribution in [2.24, 2.45) is 0 Å². The molecular formula is C14H12Cl3N3O3S. The molecule has 24 heavy (non-hydrogen) atoms. The van der Waals surface area contributed by atoms with Gasteiger partial charge in [0.15, 0.2) is 5.69 Å². The molecule has 0 aliphatic heterocycles. The molecule has 10 heteroatoms. The highest BCUT2D eigenvalue weighted by Crippen LogP contribution is 2.26. The van der Waals surface area contributed by atoms with Crippen LogP contribution in [0.3, 0.4) is 0 Å². The van der Waals surface area contributed by atoms with Crippen LogP contribution in [0.4, 0.5) is 5.69 Å². The van der Waals surface area contributed by atoms with Crippen molar-refractivity contribution < 1.29 is 13.2 Å². The lowest BCUT2D eigenvalue weighted by Gasteiger charge is -2.09. The molecule has 0 saturated heterocycles. The minimum absolute atomic E-state index is 0.0759. The summed E-state index contributed by atoms with van der Waals surface area (Å²) in [7, 11) is -3.67. The number of anilines is 1. The Morgan fingerprint density at radius 2 is 1.92 bits per heavy atom. The van der Waals surface area contributed by atoms with Gasteiger partial charge in [0.05, 0.1) is 27.7 Å². The van der Waals surface area contributed by atoms with E-state index in [1.54, 1.807) is 13.0 Å². The van der Waals surface area contributed by atoms with Crippen LogP contribution < -0.4 is 5.32 Å². The number of rotatable bonds is 5. The molecule has 1 N–H and O–H groups in total. The Kier molecular flexibility index (Phi) is 6.03. The highest BCUT2D eigenvalue weighted by atomic mass is 35.5. The molecule has 6 nitrogen and oxygen atoms in total. The summed E-state index contributed by atoms with van der Waals surface area (Å²) in [5.74, 6) is -0.835. The van der Waals surface area contributed by atoms with Gasteiger partial charge in [-0.05, 0) is 24.6 Å². The zero-order valence-electron chi connectivity index (χ0n) is 12.4. The Labute approximate surface area is 154 Å². The Morgan fingerprint density at radius 3 is 2.54 bits per heavy atom. The number of hydrogen-bond donors (Lipinski definition) is 1. The summed E-state index contributed by atoms with van der Waals surface area (Å²) in [5.41, 5.74) is 0.0334. The minimum atomic E-state index is -3.67. The molecule has 0 radical (unpaired) electrons. The molecule has 0 saturated carbocycles. The molecule has 0 bridgehead atoms. The van der Waals surface area contributed by atoms with Crippen LogP contribution in [-0.4, -0.2) is 30.0 Å². The molecule has 128 valence electrons. The van der Waals surface area contributed by atoms with E-state index in [9.17, 15) is 13.2 Å². The van der Waals surface area contributed by atoms with Gasteiger partial charge in [-0.15, -0.1) is 0 Å². The van der Waals surface area contributed by atoms with Crippen molar-refractivity contribution in [2.75, 3.05) is 11.1 Å². The molecule has 1 aromatic heterocycles. The number of aromatic nitrogens is 2. The molecule has 1 aromatic carbocycles. The third-order valence-corrected chi connectivity index (χ3v) is 5.39. The monoisotopic (exact) mass is 407 g/mol. The summed E-state index contributed by atoms with van der Waals surface area (Å²) in [6.07, 6.45) is 1.48. The number of benzene rings is 1. The maximum atomic E-state index is 12.3. The Balaban J connectivity index is 2.35. The van der Waals surface area contributed by atoms with Crippen molar-refractivity contribution in [3.8, 4) is 0 Å². The van der Waals surface area contributed by atoms with Gasteiger partial charge in [0.1, 0.15) is 0 Å². The van der Waals surface area contributed by atoms with Crippen molar-refractivity contribution in [1.82, 2.24) is 9.97 Å². The lowest BCUT2D eigenvalue weighted by molar-refractivity contribution is 0.102. The summed E-state index contributed by atoms with van der Waals surface area (Å²) in [5, 5.41) is 2.62. The molecular weight excluding hydrogens is 397 g/mol. The van der Waals surface area contributed by atoms with Crippen LogP contribution in [0.15, 0.2) is 29.6 Å². The van der Waals surface area contributed by atoms with E-state index < -0.39 is 20.9 Å². The number of halogens is 3. The van der Waals surface area contributed by atoms with Gasteiger partial charge in [-0.2, -0.15) is 0 Å². The average Bonchev–Trinajstić information content (AvgIpc) is 2.50. The lowest BCUT2D eigenvalue weighted by atomic mass is 10.3. The van der Waals surface area contributed by atoms with Crippen LogP contribution in [-0.2, 0) is 9.84 Å². The molecule has 0 unspecified atom stereocenters. The van der Waals surface area contributed by atoms with Gasteiger partial charge in [-0.25, -0.2) is 18.4 Å². The van der Waals surface area contributed by atoms with Gasteiger partial charge in [-0.3, -0.25) is 4.79 Å². The van der Waals surface area contributed by atoms with Gasteiger partial charge in [0.2, 0.25) is 15.0 Å². The summed E-state index contributed by atoms with van der Waals surface area (Å²) in [6, 6.07) is 4.51. The maximum absolute atomic E-state index is 12.3. The molecule has 1 heterocycles. The van der Waals surface area contributed by atoms with Crippen molar-refractivity contribution in [2.45, 2.75) is 18.5 Å². The zero-order chi connectivity index (χ0) is 17.9. The van der Waals surface area contributed by atoms with Gasteiger partial charge < -0.3 is 5.32 Å². The normalized spacial score (nSPS) is 11.3. The van der Waals surface area contributed by atoms with Crippen LogP contribution in [0.2, 0.25) is 15.1 Å². The van der Waals surface area contributed by atoms with Crippen LogP contribution >= 0.6 is 34.8 Å². The number of carbonyl (C=O) groups is 1. The van der Waals surface area contributed by atoms with Crippen LogP contribution in [0.1, 0.15) is 23.8 Å². The molecule has 0 spiro atoms. The third-order valence-electron chi connectivity index (χ3n) is 2.87. The third kappa shape index (κ3) is 4.36. The predicted octanol–water partition coefficient (Wildman–Crippen LogP) is 3.87. The Hall–Kier alpha value is -1.41. The molecule has 2 rings (SSSR count). The van der Waals surface area contributed by atoms with Crippen LogP contribution in [0.25, 0.3) is 0 Å². The highest BCUT2D eigenvalue weighted by molar-refractivity contribution is 7.91. The SMILES string of the molecule is CCCS(=O)(=O)c1ncc(Cl)c(C(=O)Nc2ccc(Cl)cc2Cl)n1. The van der Waals surface area contributed by atoms with Crippen molar-refractivity contribution in [1.29, 1.82) is 0 Å². The largest absolute Gasteiger partial charge is 0.319 e. The Bertz CT molecular complexity index is 888. The van der Waals surface area contributed by atoms with E-state index in [2.05, 4.69) is 15.3 Å². The van der Waals surface area contributed by atoms with Crippen molar-refractivity contribution in [3.05, 3.63) is 45.2 Å². The first kappa shape index (κ1) is 18.9. The molecule has 0 fully saturated rings. The van der Waals surface area contributed by atoms with Gasteiger partial charge in [-0.1, -0.05) is 41.7 Å². The van der Waals surface area contributed by atoms with Gasteiger partial charge >= 0.3 is 0 Å². The fourth-order valence-electron chi connectivity index (χ4n) is 1.79. The second-order valence-corrected chi connectivity index (χ2v) is 8.00. The number of nitrogens with zero attached hydrogens (tertiary/aromatic N) is 2. The predicted molar refractivity (Wildman–Crippen MR) is 93.8 cm³/mol. The summed E-state index contributed by atoms with van der Waals surface area (Å²) >= 11 is 17.7. The number of hydrogen-bond acceptors (Lipinski definition) is 5. The van der Waals surface area contributed by atoms with E-state index in [-0.39, 0.29) is 21.5 Å². The molecule has 2 aromatic rings. The van der Waals surface area contributed by atoms with Gasteiger partial charge in [0, 0.05) is 5.02 Å². The molecule has 0 atom stereocenters. The van der Waals surface area contributed by atoms with Gasteiger partial charge in [0.25, 0.3) is 5.91 Å². The number of amides is 1. The fourth-order valence-corrected chi connectivity index (χ4v) is 3.59. The van der Waals surface area contributed by atoms with E-state index >= 15 is 0 Å². The standard InChI is InChI=1S/C14H12Cl3N3O3S/c1-2-5-24(22,23)14-18-7-10(17)12(20-14)13(21)19-11-4-3-8(15)6-9(11)16/h3-4,6-7H,2,5H2,1H3,(H,19,21). The first-order valence-electron chi connectivity index (χ1n) is 6.76. The summed E-state index contributed by atoms with van der Waals surface area (Å²) in [6.45, 7) is 1.71. The first-order valence-corrected chi connectivity index (χ1v) is 9.55. The summed E-state index contributed by atoms with van der Waals surface area (Å²) in [4.78, 5) is 19.8. The topological polar surface area (TPSA) is 89.0 Å². The van der Waals surface area contributed by atoms with E-state index in [1.807, 2.05) is 0 Å². The second-order valence-electron chi connectivity index (χ2n) is 4.75. The molecule has 1 amide bonds. The average molecular weight is 409 g/mol. The van der Waals surface area contributed by atoms with E-state index in [0.717, 1.165) is 6.20 Å². The first-order chi connectivity index (χ1) is 11.2. The smallest absolute Gasteiger partial charge is 0.276 e. The minimum Gasteiger partial charge on any atom is -0.319 e. The van der Waals surface area contributed by atoms with Crippen LogP contribution in [0.5, 0.6) is 0 Å².